The minimum absolute atomic E-state index is 0.0756. The van der Waals surface area contributed by atoms with Gasteiger partial charge in [0.1, 0.15) is 0 Å². The highest BCUT2D eigenvalue weighted by Crippen LogP contribution is 2.36. The summed E-state index contributed by atoms with van der Waals surface area (Å²) in [5.74, 6) is 1.64. The second-order valence-corrected chi connectivity index (χ2v) is 7.37. The van der Waals surface area contributed by atoms with Crippen molar-refractivity contribution in [1.82, 2.24) is 15.5 Å². The van der Waals surface area contributed by atoms with Gasteiger partial charge in [0.2, 0.25) is 18.6 Å². The van der Waals surface area contributed by atoms with Gasteiger partial charge in [0.25, 0.3) is 5.22 Å². The van der Waals surface area contributed by atoms with Gasteiger partial charge in [0.15, 0.2) is 11.5 Å². The van der Waals surface area contributed by atoms with Crippen molar-refractivity contribution in [3.63, 3.8) is 0 Å². The number of benzene rings is 1. The van der Waals surface area contributed by atoms with Crippen LogP contribution in [0.5, 0.6) is 11.5 Å². The van der Waals surface area contributed by atoms with Crippen LogP contribution in [0.15, 0.2) is 27.8 Å². The molecule has 0 radical (unpaired) electrons. The molecule has 2 aliphatic rings. The topological polar surface area (TPSA) is 95.7 Å². The lowest BCUT2D eigenvalue weighted by Gasteiger charge is -2.13. The molecule has 1 aromatic heterocycles. The van der Waals surface area contributed by atoms with Crippen molar-refractivity contribution in [3.05, 3.63) is 18.2 Å². The molecule has 1 amide bonds. The zero-order valence-corrected chi connectivity index (χ0v) is 15.1. The number of rotatable bonds is 6. The van der Waals surface area contributed by atoms with E-state index in [2.05, 4.69) is 15.5 Å². The summed E-state index contributed by atoms with van der Waals surface area (Å²) < 4.78 is 21.8. The Morgan fingerprint density at radius 3 is 3.08 bits per heavy atom. The molecule has 0 spiro atoms. The highest BCUT2D eigenvalue weighted by molar-refractivity contribution is 8.00. The minimum Gasteiger partial charge on any atom is -0.454 e. The Balaban J connectivity index is 1.34. The van der Waals surface area contributed by atoms with E-state index in [0.717, 1.165) is 25.0 Å². The Bertz CT molecular complexity index is 790. The van der Waals surface area contributed by atoms with Gasteiger partial charge in [-0.1, -0.05) is 11.8 Å². The summed E-state index contributed by atoms with van der Waals surface area (Å²) in [5, 5.41) is 11.0. The fourth-order valence-corrected chi connectivity index (χ4v) is 3.48. The van der Waals surface area contributed by atoms with Crippen LogP contribution in [0.3, 0.4) is 0 Å². The maximum absolute atomic E-state index is 12.2. The Morgan fingerprint density at radius 1 is 1.35 bits per heavy atom. The number of ether oxygens (including phenoxy) is 3. The normalized spacial score (nSPS) is 19.5. The first kappa shape index (κ1) is 17.2. The highest BCUT2D eigenvalue weighted by Gasteiger charge is 2.22. The average Bonchev–Trinajstić information content (AvgIpc) is 3.39. The SMILES string of the molecule is C[C@H](Sc1nnc(-c2ccc3c(c2)OCO3)o1)C(=O)NC[C@@H]1CCCO1. The van der Waals surface area contributed by atoms with Gasteiger partial charge in [-0.15, -0.1) is 10.2 Å². The van der Waals surface area contributed by atoms with Crippen molar-refractivity contribution in [2.24, 2.45) is 0 Å². The first-order chi connectivity index (χ1) is 12.7. The van der Waals surface area contributed by atoms with Gasteiger partial charge in [-0.3, -0.25) is 4.79 Å². The third kappa shape index (κ3) is 3.78. The molecule has 3 heterocycles. The van der Waals surface area contributed by atoms with E-state index in [-0.39, 0.29) is 24.1 Å². The van der Waals surface area contributed by atoms with Crippen molar-refractivity contribution in [3.8, 4) is 23.0 Å². The van der Waals surface area contributed by atoms with E-state index < -0.39 is 0 Å². The number of hydrogen-bond donors (Lipinski definition) is 1. The molecule has 1 fully saturated rings. The van der Waals surface area contributed by atoms with Gasteiger partial charge >= 0.3 is 0 Å². The van der Waals surface area contributed by atoms with Crippen LogP contribution in [0.4, 0.5) is 0 Å². The Kier molecular flexibility index (Phi) is 4.98. The summed E-state index contributed by atoms with van der Waals surface area (Å²) in [7, 11) is 0. The molecule has 1 N–H and O–H groups in total. The molecule has 2 aliphatic heterocycles. The molecule has 1 aromatic carbocycles. The van der Waals surface area contributed by atoms with E-state index in [1.807, 2.05) is 6.07 Å². The number of carbonyl (C=O) groups excluding carboxylic acids is 1. The van der Waals surface area contributed by atoms with E-state index in [1.165, 1.54) is 11.8 Å². The predicted molar refractivity (Wildman–Crippen MR) is 93.2 cm³/mol. The summed E-state index contributed by atoms with van der Waals surface area (Å²) in [6, 6.07) is 5.42. The minimum atomic E-state index is -0.346. The number of aromatic nitrogens is 2. The predicted octanol–water partition coefficient (Wildman–Crippen LogP) is 2.24. The third-order valence-electron chi connectivity index (χ3n) is 4.20. The second-order valence-electron chi connectivity index (χ2n) is 6.08. The Morgan fingerprint density at radius 2 is 2.23 bits per heavy atom. The maximum Gasteiger partial charge on any atom is 0.277 e. The van der Waals surface area contributed by atoms with Crippen molar-refractivity contribution >= 4 is 17.7 Å². The van der Waals surface area contributed by atoms with E-state index >= 15 is 0 Å². The van der Waals surface area contributed by atoms with Gasteiger partial charge < -0.3 is 23.9 Å². The van der Waals surface area contributed by atoms with Crippen molar-refractivity contribution in [1.29, 1.82) is 0 Å². The lowest BCUT2D eigenvalue weighted by atomic mass is 10.2. The maximum atomic E-state index is 12.2. The molecular formula is C17H19N3O5S. The molecule has 8 nitrogen and oxygen atoms in total. The number of fused-ring (bicyclic) bond motifs is 1. The number of nitrogens with zero attached hydrogens (tertiary/aromatic N) is 2. The van der Waals surface area contributed by atoms with Crippen molar-refractivity contribution in [2.75, 3.05) is 19.9 Å². The molecule has 138 valence electrons. The first-order valence-corrected chi connectivity index (χ1v) is 9.36. The number of carbonyl (C=O) groups is 1. The van der Waals surface area contributed by atoms with E-state index in [1.54, 1.807) is 19.1 Å². The van der Waals surface area contributed by atoms with Gasteiger partial charge in [0.05, 0.1) is 11.4 Å². The molecule has 9 heteroatoms. The monoisotopic (exact) mass is 377 g/mol. The second kappa shape index (κ2) is 7.55. The van der Waals surface area contributed by atoms with Crippen LogP contribution in [0.1, 0.15) is 19.8 Å². The van der Waals surface area contributed by atoms with Crippen LogP contribution in [-0.4, -0.2) is 47.4 Å². The van der Waals surface area contributed by atoms with E-state index in [4.69, 9.17) is 18.6 Å². The fraction of sp³-hybridized carbons (Fsp3) is 0.471. The van der Waals surface area contributed by atoms with Gasteiger partial charge in [-0.25, -0.2) is 0 Å². The molecule has 2 aromatic rings. The average molecular weight is 377 g/mol. The molecule has 0 bridgehead atoms. The third-order valence-corrected chi connectivity index (χ3v) is 5.14. The number of thioether (sulfide) groups is 1. The zero-order chi connectivity index (χ0) is 17.9. The lowest BCUT2D eigenvalue weighted by molar-refractivity contribution is -0.120. The van der Waals surface area contributed by atoms with Gasteiger partial charge in [0, 0.05) is 18.7 Å². The fourth-order valence-electron chi connectivity index (χ4n) is 2.77. The quantitative estimate of drug-likeness (QED) is 0.766. The van der Waals surface area contributed by atoms with Crippen LogP contribution < -0.4 is 14.8 Å². The Hall–Kier alpha value is -2.26. The number of hydrogen-bond acceptors (Lipinski definition) is 8. The smallest absolute Gasteiger partial charge is 0.277 e. The van der Waals surface area contributed by atoms with Crippen LogP contribution in [0.25, 0.3) is 11.5 Å². The molecule has 4 rings (SSSR count). The molecule has 0 saturated carbocycles. The van der Waals surface area contributed by atoms with Gasteiger partial charge in [-0.05, 0) is 38.0 Å². The molecular weight excluding hydrogens is 358 g/mol. The molecule has 0 unspecified atom stereocenters. The first-order valence-electron chi connectivity index (χ1n) is 8.48. The van der Waals surface area contributed by atoms with Crippen LogP contribution >= 0.6 is 11.8 Å². The van der Waals surface area contributed by atoms with Crippen molar-refractivity contribution in [2.45, 2.75) is 36.3 Å². The molecule has 2 atom stereocenters. The molecule has 1 saturated heterocycles. The molecule has 0 aliphatic carbocycles. The highest BCUT2D eigenvalue weighted by atomic mass is 32.2. The summed E-state index contributed by atoms with van der Waals surface area (Å²) >= 11 is 1.23. The van der Waals surface area contributed by atoms with Crippen LogP contribution in [-0.2, 0) is 9.53 Å². The number of amides is 1. The Labute approximate surface area is 154 Å². The van der Waals surface area contributed by atoms with Crippen LogP contribution in [0, 0.1) is 0 Å². The van der Waals surface area contributed by atoms with E-state index in [0.29, 0.717) is 29.2 Å². The van der Waals surface area contributed by atoms with Crippen molar-refractivity contribution < 1.29 is 23.4 Å². The van der Waals surface area contributed by atoms with Gasteiger partial charge in [-0.2, -0.15) is 0 Å². The van der Waals surface area contributed by atoms with Crippen LogP contribution in [0.2, 0.25) is 0 Å². The standard InChI is InChI=1S/C17H19N3O5S/c1-10(15(21)18-8-12-3-2-6-22-12)26-17-20-19-16(25-17)11-4-5-13-14(7-11)24-9-23-13/h4-5,7,10,12H,2-3,6,8-9H2,1H3,(H,18,21)/t10-,12-/m0/s1. The zero-order valence-electron chi connectivity index (χ0n) is 14.3. The summed E-state index contributed by atoms with van der Waals surface area (Å²) in [6.45, 7) is 3.33. The summed E-state index contributed by atoms with van der Waals surface area (Å²) in [5.41, 5.74) is 0.740. The van der Waals surface area contributed by atoms with E-state index in [9.17, 15) is 4.79 Å². The number of nitrogens with one attached hydrogen (secondary N) is 1. The molecule has 26 heavy (non-hydrogen) atoms. The lowest BCUT2D eigenvalue weighted by Crippen LogP contribution is -2.36. The summed E-state index contributed by atoms with van der Waals surface area (Å²) in [4.78, 5) is 12.2. The summed E-state index contributed by atoms with van der Waals surface area (Å²) in [6.07, 6.45) is 2.16. The largest absolute Gasteiger partial charge is 0.454 e.